The molecule has 28 heavy (non-hydrogen) atoms. The van der Waals surface area contributed by atoms with Crippen molar-refractivity contribution in [2.24, 2.45) is 0 Å². The lowest BCUT2D eigenvalue weighted by atomic mass is 10.1. The first-order valence-electron chi connectivity index (χ1n) is 9.56. The lowest BCUT2D eigenvalue weighted by Crippen LogP contribution is -2.30. The van der Waals surface area contributed by atoms with E-state index >= 15 is 0 Å². The summed E-state index contributed by atoms with van der Waals surface area (Å²) in [6, 6.07) is 10.1. The number of carbonyl (C=O) groups excluding carboxylic acids is 1. The van der Waals surface area contributed by atoms with Crippen molar-refractivity contribution in [3.8, 4) is 0 Å². The molecule has 1 amide bonds. The lowest BCUT2D eigenvalue weighted by molar-refractivity contribution is -0.119. The van der Waals surface area contributed by atoms with Crippen molar-refractivity contribution >= 4 is 28.7 Å². The SMILES string of the molecule is Cc1cc2nc(SCC(=O)NC3CCc4ccccc43)n(C(C)C)c(=O)c2[nH]1. The number of rotatable bonds is 5. The molecule has 6 nitrogen and oxygen atoms in total. The van der Waals surface area contributed by atoms with Crippen LogP contribution in [0.25, 0.3) is 11.0 Å². The molecule has 0 saturated carbocycles. The van der Waals surface area contributed by atoms with Crippen LogP contribution < -0.4 is 10.9 Å². The number of thioether (sulfide) groups is 1. The van der Waals surface area contributed by atoms with Gasteiger partial charge in [-0.25, -0.2) is 4.98 Å². The molecule has 2 N–H and O–H groups in total. The summed E-state index contributed by atoms with van der Waals surface area (Å²) in [4.78, 5) is 33.1. The van der Waals surface area contributed by atoms with Crippen molar-refractivity contribution in [3.05, 3.63) is 57.5 Å². The summed E-state index contributed by atoms with van der Waals surface area (Å²) in [5.41, 5.74) is 4.48. The number of hydrogen-bond donors (Lipinski definition) is 2. The van der Waals surface area contributed by atoms with Crippen LogP contribution >= 0.6 is 11.8 Å². The first-order chi connectivity index (χ1) is 13.4. The summed E-state index contributed by atoms with van der Waals surface area (Å²) in [7, 11) is 0. The Balaban J connectivity index is 1.52. The van der Waals surface area contributed by atoms with Gasteiger partial charge in [-0.3, -0.25) is 14.2 Å². The van der Waals surface area contributed by atoms with Gasteiger partial charge in [0.2, 0.25) is 5.91 Å². The summed E-state index contributed by atoms with van der Waals surface area (Å²) in [5, 5.41) is 3.71. The third kappa shape index (κ3) is 3.46. The van der Waals surface area contributed by atoms with Crippen LogP contribution in [0, 0.1) is 6.92 Å². The molecular formula is C21H24N4O2S. The normalized spacial score (nSPS) is 15.9. The molecule has 0 saturated heterocycles. The molecule has 4 rings (SSSR count). The minimum absolute atomic E-state index is 0.0402. The molecule has 0 bridgehead atoms. The number of hydrogen-bond acceptors (Lipinski definition) is 4. The minimum Gasteiger partial charge on any atom is -0.353 e. The molecule has 0 radical (unpaired) electrons. The van der Waals surface area contributed by atoms with Crippen molar-refractivity contribution in [2.75, 3.05) is 5.75 Å². The molecule has 1 aliphatic rings. The van der Waals surface area contributed by atoms with E-state index in [2.05, 4.69) is 27.4 Å². The maximum absolute atomic E-state index is 12.8. The molecule has 1 atom stereocenters. The molecule has 7 heteroatoms. The summed E-state index contributed by atoms with van der Waals surface area (Å²) in [6.07, 6.45) is 1.92. The first-order valence-corrected chi connectivity index (χ1v) is 10.5. The number of aromatic amines is 1. The Bertz CT molecular complexity index is 1100. The van der Waals surface area contributed by atoms with Crippen molar-refractivity contribution < 1.29 is 4.79 Å². The maximum Gasteiger partial charge on any atom is 0.278 e. The number of aromatic nitrogens is 3. The number of nitrogens with one attached hydrogen (secondary N) is 2. The zero-order valence-corrected chi connectivity index (χ0v) is 17.1. The number of H-pyrrole nitrogens is 1. The van der Waals surface area contributed by atoms with E-state index in [1.165, 1.54) is 22.9 Å². The predicted molar refractivity (Wildman–Crippen MR) is 112 cm³/mol. The van der Waals surface area contributed by atoms with E-state index in [0.717, 1.165) is 18.5 Å². The van der Waals surface area contributed by atoms with E-state index in [0.29, 0.717) is 16.2 Å². The van der Waals surface area contributed by atoms with Gasteiger partial charge in [-0.05, 0) is 50.8 Å². The van der Waals surface area contributed by atoms with Crippen LogP contribution in [-0.2, 0) is 11.2 Å². The van der Waals surface area contributed by atoms with E-state index in [4.69, 9.17) is 0 Å². The predicted octanol–water partition coefficient (Wildman–Crippen LogP) is 3.51. The molecule has 3 aromatic rings. The zero-order valence-electron chi connectivity index (χ0n) is 16.3. The topological polar surface area (TPSA) is 79.8 Å². The summed E-state index contributed by atoms with van der Waals surface area (Å²) >= 11 is 1.31. The van der Waals surface area contributed by atoms with E-state index in [1.54, 1.807) is 4.57 Å². The Kier molecular flexibility index (Phi) is 5.02. The van der Waals surface area contributed by atoms with Crippen molar-refractivity contribution in [3.63, 3.8) is 0 Å². The van der Waals surface area contributed by atoms with Gasteiger partial charge in [-0.1, -0.05) is 36.0 Å². The minimum atomic E-state index is -0.0965. The van der Waals surface area contributed by atoms with Crippen LogP contribution in [0.15, 0.2) is 40.3 Å². The van der Waals surface area contributed by atoms with Crippen LogP contribution in [0.1, 0.15) is 49.2 Å². The van der Waals surface area contributed by atoms with Gasteiger partial charge in [-0.15, -0.1) is 0 Å². The second-order valence-corrected chi connectivity index (χ2v) is 8.46. The Morgan fingerprint density at radius 2 is 2.18 bits per heavy atom. The number of nitrogens with zero attached hydrogens (tertiary/aromatic N) is 2. The Hall–Kier alpha value is -2.54. The third-order valence-electron chi connectivity index (χ3n) is 5.10. The van der Waals surface area contributed by atoms with Crippen LogP contribution in [0.5, 0.6) is 0 Å². The van der Waals surface area contributed by atoms with Gasteiger partial charge < -0.3 is 10.3 Å². The number of fused-ring (bicyclic) bond motifs is 2. The summed E-state index contributed by atoms with van der Waals surface area (Å²) < 4.78 is 1.65. The largest absolute Gasteiger partial charge is 0.353 e. The fourth-order valence-electron chi connectivity index (χ4n) is 3.82. The van der Waals surface area contributed by atoms with E-state index < -0.39 is 0 Å². The smallest absolute Gasteiger partial charge is 0.278 e. The van der Waals surface area contributed by atoms with E-state index in [1.807, 2.05) is 39.0 Å². The average molecular weight is 397 g/mol. The highest BCUT2D eigenvalue weighted by molar-refractivity contribution is 7.99. The van der Waals surface area contributed by atoms with Gasteiger partial charge in [0.05, 0.1) is 17.3 Å². The van der Waals surface area contributed by atoms with Crippen LogP contribution in [-0.4, -0.2) is 26.2 Å². The molecule has 0 aliphatic heterocycles. The van der Waals surface area contributed by atoms with Gasteiger partial charge in [0.1, 0.15) is 5.52 Å². The highest BCUT2D eigenvalue weighted by atomic mass is 32.2. The molecule has 2 aromatic heterocycles. The number of amides is 1. The molecule has 1 unspecified atom stereocenters. The lowest BCUT2D eigenvalue weighted by Gasteiger charge is -2.16. The molecule has 146 valence electrons. The quantitative estimate of drug-likeness (QED) is 0.511. The van der Waals surface area contributed by atoms with Gasteiger partial charge >= 0.3 is 0 Å². The van der Waals surface area contributed by atoms with Crippen LogP contribution in [0.2, 0.25) is 0 Å². The van der Waals surface area contributed by atoms with Crippen molar-refractivity contribution in [1.82, 2.24) is 19.9 Å². The van der Waals surface area contributed by atoms with Crippen LogP contribution in [0.4, 0.5) is 0 Å². The molecule has 0 fully saturated rings. The molecular weight excluding hydrogens is 372 g/mol. The molecule has 2 heterocycles. The monoisotopic (exact) mass is 396 g/mol. The number of aryl methyl sites for hydroxylation is 2. The first kappa shape index (κ1) is 18.8. The van der Waals surface area contributed by atoms with E-state index in [-0.39, 0.29) is 29.3 Å². The maximum atomic E-state index is 12.8. The molecule has 1 aliphatic carbocycles. The van der Waals surface area contributed by atoms with Gasteiger partial charge in [0.15, 0.2) is 5.16 Å². The summed E-state index contributed by atoms with van der Waals surface area (Å²) in [6.45, 7) is 5.80. The van der Waals surface area contributed by atoms with Crippen LogP contribution in [0.3, 0.4) is 0 Å². The molecule has 1 aromatic carbocycles. The average Bonchev–Trinajstić information content (AvgIpc) is 3.23. The van der Waals surface area contributed by atoms with Gasteiger partial charge in [0.25, 0.3) is 5.56 Å². The Morgan fingerprint density at radius 1 is 1.39 bits per heavy atom. The number of benzene rings is 1. The standard InChI is InChI=1S/C21H24N4O2S/c1-12(2)25-20(27)19-17(10-13(3)22-19)24-21(25)28-11-18(26)23-16-9-8-14-6-4-5-7-15(14)16/h4-7,10,12,16,22H,8-9,11H2,1-3H3,(H,23,26). The second kappa shape index (κ2) is 7.47. The highest BCUT2D eigenvalue weighted by Gasteiger charge is 2.24. The van der Waals surface area contributed by atoms with Gasteiger partial charge in [0, 0.05) is 11.7 Å². The highest BCUT2D eigenvalue weighted by Crippen LogP contribution is 2.31. The van der Waals surface area contributed by atoms with Gasteiger partial charge in [-0.2, -0.15) is 0 Å². The second-order valence-electron chi connectivity index (χ2n) is 7.52. The van der Waals surface area contributed by atoms with E-state index in [9.17, 15) is 9.59 Å². The fraction of sp³-hybridized carbons (Fsp3) is 0.381. The fourth-order valence-corrected chi connectivity index (χ4v) is 4.76. The third-order valence-corrected chi connectivity index (χ3v) is 6.06. The van der Waals surface area contributed by atoms with Crippen molar-refractivity contribution in [2.45, 2.75) is 50.9 Å². The van der Waals surface area contributed by atoms with Crippen molar-refractivity contribution in [1.29, 1.82) is 0 Å². The summed E-state index contributed by atoms with van der Waals surface area (Å²) in [5.74, 6) is 0.189. The number of carbonyl (C=O) groups is 1. The molecule has 0 spiro atoms. The Morgan fingerprint density at radius 3 is 2.96 bits per heavy atom. The zero-order chi connectivity index (χ0) is 19.8. The Labute approximate surface area is 167 Å².